The molecule has 0 saturated carbocycles. The van der Waals surface area contributed by atoms with Crippen molar-refractivity contribution in [3.63, 3.8) is 0 Å². The SMILES string of the molecule is Cc1cccc(OCCN2C(=O)C(C)Oc3cc(NC(=O)CCCOc4ccc(Cl)cc4Cl)ccc32)c1. The second-order valence-electron chi connectivity index (χ2n) is 8.67. The van der Waals surface area contributed by atoms with Crippen molar-refractivity contribution in [3.05, 3.63) is 76.3 Å². The molecule has 1 aliphatic heterocycles. The van der Waals surface area contributed by atoms with Gasteiger partial charge >= 0.3 is 0 Å². The summed E-state index contributed by atoms with van der Waals surface area (Å²) < 4.78 is 17.3. The van der Waals surface area contributed by atoms with Gasteiger partial charge in [0.05, 0.1) is 23.9 Å². The summed E-state index contributed by atoms with van der Waals surface area (Å²) >= 11 is 12.0. The van der Waals surface area contributed by atoms with Crippen molar-refractivity contribution in [2.24, 2.45) is 0 Å². The highest BCUT2D eigenvalue weighted by atomic mass is 35.5. The molecule has 0 fully saturated rings. The van der Waals surface area contributed by atoms with Gasteiger partial charge in [0.15, 0.2) is 6.10 Å². The van der Waals surface area contributed by atoms with Gasteiger partial charge in [0, 0.05) is 23.2 Å². The summed E-state index contributed by atoms with van der Waals surface area (Å²) in [6.07, 6.45) is 0.127. The molecule has 0 radical (unpaired) electrons. The van der Waals surface area contributed by atoms with Gasteiger partial charge in [-0.25, -0.2) is 0 Å². The fourth-order valence-electron chi connectivity index (χ4n) is 3.91. The van der Waals surface area contributed by atoms with Gasteiger partial charge in [0.1, 0.15) is 23.9 Å². The summed E-state index contributed by atoms with van der Waals surface area (Å²) in [6, 6.07) is 18.0. The van der Waals surface area contributed by atoms with E-state index < -0.39 is 6.10 Å². The maximum Gasteiger partial charge on any atom is 0.267 e. The Morgan fingerprint density at radius 3 is 2.68 bits per heavy atom. The van der Waals surface area contributed by atoms with E-state index in [0.717, 1.165) is 11.3 Å². The van der Waals surface area contributed by atoms with E-state index in [-0.39, 0.29) is 18.2 Å². The molecule has 2 amide bonds. The minimum Gasteiger partial charge on any atom is -0.492 e. The normalized spacial score (nSPS) is 14.5. The zero-order chi connectivity index (χ0) is 26.4. The molecule has 1 atom stereocenters. The Hall–Kier alpha value is -3.42. The highest BCUT2D eigenvalue weighted by Crippen LogP contribution is 2.36. The predicted molar refractivity (Wildman–Crippen MR) is 145 cm³/mol. The van der Waals surface area contributed by atoms with Crippen molar-refractivity contribution in [2.75, 3.05) is 30.0 Å². The number of amides is 2. The third-order valence-corrected chi connectivity index (χ3v) is 6.26. The molecule has 3 aromatic carbocycles. The molecular formula is C28H28Cl2N2O5. The van der Waals surface area contributed by atoms with Crippen LogP contribution in [0.25, 0.3) is 0 Å². The molecule has 0 aliphatic carbocycles. The number of carbonyl (C=O) groups is 2. The van der Waals surface area contributed by atoms with E-state index in [1.165, 1.54) is 0 Å². The third kappa shape index (κ3) is 7.08. The van der Waals surface area contributed by atoms with Crippen molar-refractivity contribution in [2.45, 2.75) is 32.8 Å². The van der Waals surface area contributed by atoms with Crippen LogP contribution >= 0.6 is 23.2 Å². The molecule has 1 heterocycles. The molecule has 0 aromatic heterocycles. The van der Waals surface area contributed by atoms with Crippen LogP contribution in [-0.2, 0) is 9.59 Å². The number of anilines is 2. The lowest BCUT2D eigenvalue weighted by atomic mass is 10.1. The zero-order valence-electron chi connectivity index (χ0n) is 20.6. The predicted octanol–water partition coefficient (Wildman–Crippen LogP) is 6.29. The van der Waals surface area contributed by atoms with Crippen LogP contribution in [-0.4, -0.2) is 37.7 Å². The van der Waals surface area contributed by atoms with Crippen LogP contribution in [0.15, 0.2) is 60.7 Å². The first-order valence-corrected chi connectivity index (χ1v) is 12.7. The van der Waals surface area contributed by atoms with Gasteiger partial charge in [-0.1, -0.05) is 35.3 Å². The van der Waals surface area contributed by atoms with Gasteiger partial charge in [-0.3, -0.25) is 9.59 Å². The Labute approximate surface area is 226 Å². The highest BCUT2D eigenvalue weighted by molar-refractivity contribution is 6.35. The number of hydrogen-bond acceptors (Lipinski definition) is 5. The number of ether oxygens (including phenoxy) is 3. The van der Waals surface area contributed by atoms with Crippen LogP contribution in [0.3, 0.4) is 0 Å². The number of rotatable bonds is 10. The van der Waals surface area contributed by atoms with E-state index in [2.05, 4.69) is 5.32 Å². The first-order valence-electron chi connectivity index (χ1n) is 12.0. The van der Waals surface area contributed by atoms with Crippen molar-refractivity contribution < 1.29 is 23.8 Å². The largest absolute Gasteiger partial charge is 0.492 e. The molecule has 0 spiro atoms. The smallest absolute Gasteiger partial charge is 0.267 e. The Morgan fingerprint density at radius 1 is 1.05 bits per heavy atom. The molecule has 1 aliphatic rings. The quantitative estimate of drug-likeness (QED) is 0.304. The first kappa shape index (κ1) is 26.6. The number of aryl methyl sites for hydroxylation is 1. The van der Waals surface area contributed by atoms with E-state index in [1.54, 1.807) is 48.2 Å². The molecule has 0 saturated heterocycles. The summed E-state index contributed by atoms with van der Waals surface area (Å²) in [6.45, 7) is 4.75. The van der Waals surface area contributed by atoms with Gasteiger partial charge in [-0.05, 0) is 68.3 Å². The molecular weight excluding hydrogens is 515 g/mol. The number of fused-ring (bicyclic) bond motifs is 1. The third-order valence-electron chi connectivity index (χ3n) is 5.72. The van der Waals surface area contributed by atoms with Crippen LogP contribution in [0.4, 0.5) is 11.4 Å². The number of halogens is 2. The molecule has 37 heavy (non-hydrogen) atoms. The molecule has 0 bridgehead atoms. The molecule has 1 unspecified atom stereocenters. The standard InChI is InChI=1S/C28H28Cl2N2O5/c1-18-5-3-6-22(15-18)35-14-12-32-24-10-9-21(17-26(24)37-19(2)28(32)34)31-27(33)7-4-13-36-25-11-8-20(29)16-23(25)30/h3,5-6,8-11,15-17,19H,4,7,12-14H2,1-2H3,(H,31,33). The zero-order valence-corrected chi connectivity index (χ0v) is 22.1. The maximum absolute atomic E-state index is 12.8. The number of carbonyl (C=O) groups excluding carboxylic acids is 2. The molecule has 4 rings (SSSR count). The van der Waals surface area contributed by atoms with Gasteiger partial charge < -0.3 is 24.4 Å². The van der Waals surface area contributed by atoms with Crippen LogP contribution in [0.2, 0.25) is 10.0 Å². The van der Waals surface area contributed by atoms with Crippen molar-refractivity contribution in [1.29, 1.82) is 0 Å². The summed E-state index contributed by atoms with van der Waals surface area (Å²) in [4.78, 5) is 26.9. The maximum atomic E-state index is 12.8. The van der Waals surface area contributed by atoms with Crippen molar-refractivity contribution in [3.8, 4) is 17.2 Å². The monoisotopic (exact) mass is 542 g/mol. The Morgan fingerprint density at radius 2 is 1.89 bits per heavy atom. The molecule has 7 nitrogen and oxygen atoms in total. The van der Waals surface area contributed by atoms with Gasteiger partial charge in [-0.2, -0.15) is 0 Å². The fraction of sp³-hybridized carbons (Fsp3) is 0.286. The molecule has 3 aromatic rings. The van der Waals surface area contributed by atoms with Gasteiger partial charge in [0.2, 0.25) is 5.91 Å². The molecule has 9 heteroatoms. The van der Waals surface area contributed by atoms with Crippen LogP contribution < -0.4 is 24.4 Å². The summed E-state index contributed by atoms with van der Waals surface area (Å²) in [5.74, 6) is 1.51. The second kappa shape index (κ2) is 12.2. The van der Waals surface area contributed by atoms with Gasteiger partial charge in [0.25, 0.3) is 5.91 Å². The lowest BCUT2D eigenvalue weighted by molar-refractivity contribution is -0.125. The first-order chi connectivity index (χ1) is 17.8. The lowest BCUT2D eigenvalue weighted by Crippen LogP contribution is -2.46. The van der Waals surface area contributed by atoms with Crippen LogP contribution in [0.1, 0.15) is 25.3 Å². The summed E-state index contributed by atoms with van der Waals surface area (Å²) in [5.41, 5.74) is 2.33. The topological polar surface area (TPSA) is 77.1 Å². The van der Waals surface area contributed by atoms with Crippen LogP contribution in [0.5, 0.6) is 17.2 Å². The van der Waals surface area contributed by atoms with E-state index in [4.69, 9.17) is 37.4 Å². The molecule has 194 valence electrons. The van der Waals surface area contributed by atoms with E-state index in [0.29, 0.717) is 59.1 Å². The Kier molecular flexibility index (Phi) is 8.79. The number of hydrogen-bond donors (Lipinski definition) is 1. The highest BCUT2D eigenvalue weighted by Gasteiger charge is 2.31. The minimum atomic E-state index is -0.644. The Bertz CT molecular complexity index is 1280. The fourth-order valence-corrected chi connectivity index (χ4v) is 4.37. The summed E-state index contributed by atoms with van der Waals surface area (Å²) in [5, 5.41) is 3.83. The number of nitrogens with zero attached hydrogens (tertiary/aromatic N) is 1. The van der Waals surface area contributed by atoms with E-state index >= 15 is 0 Å². The van der Waals surface area contributed by atoms with Crippen molar-refractivity contribution >= 4 is 46.4 Å². The van der Waals surface area contributed by atoms with E-state index in [9.17, 15) is 9.59 Å². The van der Waals surface area contributed by atoms with E-state index in [1.807, 2.05) is 31.2 Å². The van der Waals surface area contributed by atoms with Crippen LogP contribution in [0, 0.1) is 6.92 Å². The Balaban J connectivity index is 1.30. The molecule has 1 N–H and O–H groups in total. The van der Waals surface area contributed by atoms with Crippen molar-refractivity contribution in [1.82, 2.24) is 0 Å². The average molecular weight is 543 g/mol. The number of nitrogens with one attached hydrogen (secondary N) is 1. The lowest BCUT2D eigenvalue weighted by Gasteiger charge is -2.33. The number of benzene rings is 3. The van der Waals surface area contributed by atoms with Gasteiger partial charge in [-0.15, -0.1) is 0 Å². The summed E-state index contributed by atoms with van der Waals surface area (Å²) in [7, 11) is 0. The average Bonchev–Trinajstić information content (AvgIpc) is 2.85. The second-order valence-corrected chi connectivity index (χ2v) is 9.52. The minimum absolute atomic E-state index is 0.141.